The Bertz CT molecular complexity index is 252. The van der Waals surface area contributed by atoms with Gasteiger partial charge in [-0.3, -0.25) is 0 Å². The highest BCUT2D eigenvalue weighted by atomic mass is 31.1. The fourth-order valence-corrected chi connectivity index (χ4v) is 0.990. The van der Waals surface area contributed by atoms with Gasteiger partial charge in [-0.05, 0) is 12.1 Å². The minimum Gasteiger partial charge on any atom is -0.497 e. The van der Waals surface area contributed by atoms with Crippen LogP contribution in [-0.4, -0.2) is 7.11 Å². The standard InChI is InChI=1S/C7H8NO2P/c1-10-7-4-2-3-6(5-7)8-11-9/h2-5H,1H3,(H,8,9). The maximum absolute atomic E-state index is 10.1. The van der Waals surface area contributed by atoms with E-state index < -0.39 is 0 Å². The zero-order valence-electron chi connectivity index (χ0n) is 6.07. The van der Waals surface area contributed by atoms with Crippen molar-refractivity contribution in [2.75, 3.05) is 12.2 Å². The van der Waals surface area contributed by atoms with Crippen molar-refractivity contribution >= 4 is 14.3 Å². The maximum Gasteiger partial charge on any atom is 0.279 e. The Morgan fingerprint density at radius 2 is 2.36 bits per heavy atom. The average molecular weight is 169 g/mol. The molecule has 0 unspecified atom stereocenters. The van der Waals surface area contributed by atoms with Gasteiger partial charge in [0.15, 0.2) is 0 Å². The third kappa shape index (κ3) is 2.20. The second-order valence-electron chi connectivity index (χ2n) is 1.94. The lowest BCUT2D eigenvalue weighted by Crippen LogP contribution is -1.84. The Morgan fingerprint density at radius 3 is 3.00 bits per heavy atom. The Balaban J connectivity index is 2.82. The summed E-state index contributed by atoms with van der Waals surface area (Å²) in [6.45, 7) is 0. The van der Waals surface area contributed by atoms with Crippen molar-refractivity contribution in [3.8, 4) is 5.75 Å². The molecule has 0 fully saturated rings. The molecule has 1 aromatic rings. The van der Waals surface area contributed by atoms with Gasteiger partial charge in [-0.2, -0.15) is 0 Å². The summed E-state index contributed by atoms with van der Waals surface area (Å²) in [7, 11) is 1.49. The SMILES string of the molecule is COc1cccc(NP=O)c1. The van der Waals surface area contributed by atoms with Crippen LogP contribution in [0.25, 0.3) is 0 Å². The zero-order valence-corrected chi connectivity index (χ0v) is 6.97. The number of hydrogen-bond acceptors (Lipinski definition) is 2. The first-order valence-corrected chi connectivity index (χ1v) is 3.90. The summed E-state index contributed by atoms with van der Waals surface area (Å²) < 4.78 is 15.1. The average Bonchev–Trinajstić information content (AvgIpc) is 2.06. The molecule has 0 atom stereocenters. The van der Waals surface area contributed by atoms with E-state index in [9.17, 15) is 4.57 Å². The predicted molar refractivity (Wildman–Crippen MR) is 44.2 cm³/mol. The molecule has 0 amide bonds. The summed E-state index contributed by atoms with van der Waals surface area (Å²) >= 11 is 0. The van der Waals surface area contributed by atoms with Crippen LogP contribution >= 0.6 is 8.61 Å². The molecule has 1 aromatic carbocycles. The molecule has 0 aliphatic carbocycles. The van der Waals surface area contributed by atoms with Crippen LogP contribution in [0.2, 0.25) is 0 Å². The molecule has 1 N–H and O–H groups in total. The van der Waals surface area contributed by atoms with E-state index >= 15 is 0 Å². The lowest BCUT2D eigenvalue weighted by Gasteiger charge is -2.00. The predicted octanol–water partition coefficient (Wildman–Crippen LogP) is 2.31. The van der Waals surface area contributed by atoms with E-state index in [-0.39, 0.29) is 8.61 Å². The van der Waals surface area contributed by atoms with E-state index in [4.69, 9.17) is 4.74 Å². The van der Waals surface area contributed by atoms with Crippen molar-refractivity contribution in [2.24, 2.45) is 0 Å². The summed E-state index contributed by atoms with van der Waals surface area (Å²) in [6.07, 6.45) is 0. The first kappa shape index (κ1) is 8.02. The quantitative estimate of drug-likeness (QED) is 0.705. The van der Waals surface area contributed by atoms with E-state index in [1.54, 1.807) is 13.2 Å². The molecule has 1 rings (SSSR count). The summed E-state index contributed by atoms with van der Waals surface area (Å²) in [5.74, 6) is 0.749. The minimum atomic E-state index is -0.102. The van der Waals surface area contributed by atoms with Crippen LogP contribution in [0.3, 0.4) is 0 Å². The van der Waals surface area contributed by atoms with Crippen molar-refractivity contribution in [2.45, 2.75) is 0 Å². The van der Waals surface area contributed by atoms with Gasteiger partial charge in [0.25, 0.3) is 8.61 Å². The smallest absolute Gasteiger partial charge is 0.279 e. The highest BCUT2D eigenvalue weighted by Gasteiger charge is 1.92. The molecule has 0 heterocycles. The van der Waals surface area contributed by atoms with Crippen LogP contribution in [0, 0.1) is 0 Å². The first-order valence-electron chi connectivity index (χ1n) is 3.09. The van der Waals surface area contributed by atoms with Crippen LogP contribution in [0.15, 0.2) is 24.3 Å². The molecule has 0 spiro atoms. The highest BCUT2D eigenvalue weighted by molar-refractivity contribution is 7.25. The summed E-state index contributed by atoms with van der Waals surface area (Å²) in [4.78, 5) is 0. The number of methoxy groups -OCH3 is 1. The van der Waals surface area contributed by atoms with Crippen LogP contribution in [0.5, 0.6) is 5.75 Å². The molecule has 4 heteroatoms. The minimum absolute atomic E-state index is 0.102. The second kappa shape index (κ2) is 3.94. The number of hydrogen-bond donors (Lipinski definition) is 1. The molecule has 11 heavy (non-hydrogen) atoms. The molecule has 3 nitrogen and oxygen atoms in total. The van der Waals surface area contributed by atoms with Crippen molar-refractivity contribution in [1.82, 2.24) is 0 Å². The second-order valence-corrected chi connectivity index (χ2v) is 2.34. The van der Waals surface area contributed by atoms with E-state index in [2.05, 4.69) is 5.09 Å². The van der Waals surface area contributed by atoms with Gasteiger partial charge >= 0.3 is 0 Å². The monoisotopic (exact) mass is 169 g/mol. The fourth-order valence-electron chi connectivity index (χ4n) is 0.745. The summed E-state index contributed by atoms with van der Waals surface area (Å²) in [5, 5.41) is 2.62. The van der Waals surface area contributed by atoms with Crippen molar-refractivity contribution in [3.63, 3.8) is 0 Å². The largest absolute Gasteiger partial charge is 0.497 e. The molecule has 0 aliphatic rings. The Hall–Kier alpha value is -1.08. The lowest BCUT2D eigenvalue weighted by atomic mass is 10.3. The molecule has 0 radical (unpaired) electrons. The van der Waals surface area contributed by atoms with Crippen LogP contribution in [0.4, 0.5) is 5.69 Å². The molecule has 0 saturated carbocycles. The molecule has 0 bridgehead atoms. The zero-order chi connectivity index (χ0) is 8.10. The van der Waals surface area contributed by atoms with Crippen molar-refractivity contribution in [3.05, 3.63) is 24.3 Å². The van der Waals surface area contributed by atoms with E-state index in [0.717, 1.165) is 11.4 Å². The third-order valence-electron chi connectivity index (χ3n) is 1.24. The van der Waals surface area contributed by atoms with Gasteiger partial charge in [-0.15, -0.1) is 0 Å². The topological polar surface area (TPSA) is 38.3 Å². The normalized spacial score (nSPS) is 9.55. The van der Waals surface area contributed by atoms with Gasteiger partial charge in [-0.25, -0.2) is 4.57 Å². The van der Waals surface area contributed by atoms with Crippen LogP contribution in [-0.2, 0) is 4.57 Å². The molecule has 0 saturated heterocycles. The first-order chi connectivity index (χ1) is 5.36. The number of rotatable bonds is 3. The van der Waals surface area contributed by atoms with Gasteiger partial charge < -0.3 is 9.82 Å². The van der Waals surface area contributed by atoms with Gasteiger partial charge in [0.2, 0.25) is 0 Å². The summed E-state index contributed by atoms with van der Waals surface area (Å²) in [6, 6.07) is 7.23. The molecule has 58 valence electrons. The Kier molecular flexibility index (Phi) is 2.87. The fraction of sp³-hybridized carbons (Fsp3) is 0.143. The van der Waals surface area contributed by atoms with Crippen molar-refractivity contribution < 1.29 is 9.30 Å². The van der Waals surface area contributed by atoms with E-state index in [1.807, 2.05) is 18.2 Å². The maximum atomic E-state index is 10.1. The van der Waals surface area contributed by atoms with E-state index in [1.165, 1.54) is 0 Å². The molecule has 0 aromatic heterocycles. The lowest BCUT2D eigenvalue weighted by molar-refractivity contribution is 0.415. The van der Waals surface area contributed by atoms with Crippen LogP contribution < -0.4 is 9.82 Å². The number of anilines is 1. The molecule has 0 aliphatic heterocycles. The number of nitrogens with one attached hydrogen (secondary N) is 1. The van der Waals surface area contributed by atoms with Gasteiger partial charge in [0, 0.05) is 11.8 Å². The molecular weight excluding hydrogens is 161 g/mol. The van der Waals surface area contributed by atoms with Crippen molar-refractivity contribution in [1.29, 1.82) is 0 Å². The Labute approximate surface area is 66.6 Å². The number of benzene rings is 1. The highest BCUT2D eigenvalue weighted by Crippen LogP contribution is 2.18. The Morgan fingerprint density at radius 1 is 1.55 bits per heavy atom. The van der Waals surface area contributed by atoms with E-state index in [0.29, 0.717) is 0 Å². The van der Waals surface area contributed by atoms with Gasteiger partial charge in [0.1, 0.15) is 5.75 Å². The number of ether oxygens (including phenoxy) is 1. The van der Waals surface area contributed by atoms with Crippen LogP contribution in [0.1, 0.15) is 0 Å². The third-order valence-corrected chi connectivity index (χ3v) is 1.59. The summed E-state index contributed by atoms with van der Waals surface area (Å²) in [5.41, 5.74) is 0.779. The molecular formula is C7H8NO2P. The van der Waals surface area contributed by atoms with Gasteiger partial charge in [0.05, 0.1) is 7.11 Å². The van der Waals surface area contributed by atoms with Gasteiger partial charge in [-0.1, -0.05) is 6.07 Å².